The molecule has 0 aliphatic carbocycles. The van der Waals surface area contributed by atoms with E-state index in [9.17, 15) is 13.2 Å². The summed E-state index contributed by atoms with van der Waals surface area (Å²) in [5, 5.41) is 12.6. The van der Waals surface area contributed by atoms with Crippen molar-refractivity contribution in [3.8, 4) is 5.69 Å². The van der Waals surface area contributed by atoms with Gasteiger partial charge in [0.2, 0.25) is 5.95 Å². The van der Waals surface area contributed by atoms with E-state index >= 15 is 0 Å². The molecule has 0 saturated carbocycles. The first kappa shape index (κ1) is 11.4. The van der Waals surface area contributed by atoms with Gasteiger partial charge in [0.15, 0.2) is 0 Å². The number of para-hydroxylation sites is 1. The highest BCUT2D eigenvalue weighted by atomic mass is 19.4. The van der Waals surface area contributed by atoms with Gasteiger partial charge >= 0.3 is 6.18 Å². The molecule has 1 aromatic carbocycles. The molecule has 0 fully saturated rings. The van der Waals surface area contributed by atoms with E-state index in [1.165, 1.54) is 4.68 Å². The summed E-state index contributed by atoms with van der Waals surface area (Å²) < 4.78 is 37.3. The summed E-state index contributed by atoms with van der Waals surface area (Å²) in [6.45, 7) is -1.18. The molecule has 0 amide bonds. The Labute approximate surface area is 94.2 Å². The van der Waals surface area contributed by atoms with Gasteiger partial charge in [-0.05, 0) is 22.6 Å². The van der Waals surface area contributed by atoms with Gasteiger partial charge in [-0.3, -0.25) is 0 Å². The highest BCUT2D eigenvalue weighted by Crippen LogP contribution is 2.16. The number of nitrogens with one attached hydrogen (secondary N) is 1. The molecule has 17 heavy (non-hydrogen) atoms. The van der Waals surface area contributed by atoms with Gasteiger partial charge in [0, 0.05) is 0 Å². The van der Waals surface area contributed by atoms with E-state index in [0.29, 0.717) is 5.69 Å². The molecule has 8 heteroatoms. The second kappa shape index (κ2) is 4.40. The summed E-state index contributed by atoms with van der Waals surface area (Å²) in [7, 11) is 0. The molecule has 5 nitrogen and oxygen atoms in total. The smallest absolute Gasteiger partial charge is 0.344 e. The van der Waals surface area contributed by atoms with Crippen molar-refractivity contribution in [3.05, 3.63) is 30.3 Å². The third-order valence-electron chi connectivity index (χ3n) is 1.92. The fraction of sp³-hybridized carbons (Fsp3) is 0.222. The number of benzene rings is 1. The normalized spacial score (nSPS) is 11.5. The number of hydrogen-bond acceptors (Lipinski definition) is 4. The van der Waals surface area contributed by atoms with E-state index in [1.54, 1.807) is 30.3 Å². The fourth-order valence-electron chi connectivity index (χ4n) is 1.22. The average Bonchev–Trinajstić information content (AvgIpc) is 2.75. The molecule has 90 valence electrons. The van der Waals surface area contributed by atoms with Crippen LogP contribution in [-0.4, -0.2) is 32.9 Å². The zero-order valence-corrected chi connectivity index (χ0v) is 8.52. The van der Waals surface area contributed by atoms with Gasteiger partial charge in [-0.1, -0.05) is 23.3 Å². The standard InChI is InChI=1S/C9H8F3N5/c10-9(11,12)6-13-8-14-15-16-17(8)7-4-2-1-3-5-7/h1-5H,6H2,(H,13,14,16). The Balaban J connectivity index is 2.18. The summed E-state index contributed by atoms with van der Waals surface area (Å²) in [6.07, 6.45) is -4.31. The number of aromatic nitrogens is 4. The first-order valence-corrected chi connectivity index (χ1v) is 4.71. The zero-order valence-electron chi connectivity index (χ0n) is 8.52. The predicted molar refractivity (Wildman–Crippen MR) is 53.7 cm³/mol. The SMILES string of the molecule is FC(F)(F)CNc1nnnn1-c1ccccc1. The van der Waals surface area contributed by atoms with Gasteiger partial charge in [-0.15, -0.1) is 0 Å². The largest absolute Gasteiger partial charge is 0.405 e. The summed E-state index contributed by atoms with van der Waals surface area (Å²) in [6, 6.07) is 8.65. The predicted octanol–water partition coefficient (Wildman–Crippen LogP) is 1.64. The molecule has 0 spiro atoms. The van der Waals surface area contributed by atoms with Crippen molar-refractivity contribution in [2.45, 2.75) is 6.18 Å². The summed E-state index contributed by atoms with van der Waals surface area (Å²) in [5.74, 6) is -0.0477. The van der Waals surface area contributed by atoms with Crippen LogP contribution in [0.5, 0.6) is 0 Å². The van der Waals surface area contributed by atoms with Crippen molar-refractivity contribution in [1.82, 2.24) is 20.2 Å². The molecular formula is C9H8F3N5. The number of alkyl halides is 3. The molecule has 0 saturated heterocycles. The summed E-state index contributed by atoms with van der Waals surface area (Å²) in [5.41, 5.74) is 0.585. The van der Waals surface area contributed by atoms with Gasteiger partial charge in [0.1, 0.15) is 6.54 Å². The van der Waals surface area contributed by atoms with Crippen LogP contribution in [0.2, 0.25) is 0 Å². The minimum absolute atomic E-state index is 0.0477. The number of tetrazole rings is 1. The molecule has 0 unspecified atom stereocenters. The Morgan fingerprint density at radius 3 is 2.53 bits per heavy atom. The number of nitrogens with zero attached hydrogens (tertiary/aromatic N) is 4. The lowest BCUT2D eigenvalue weighted by Crippen LogP contribution is -2.23. The molecule has 0 aliphatic heterocycles. The Hall–Kier alpha value is -2.12. The molecule has 0 radical (unpaired) electrons. The highest BCUT2D eigenvalue weighted by molar-refractivity contribution is 5.38. The molecular weight excluding hydrogens is 235 g/mol. The second-order valence-electron chi connectivity index (χ2n) is 3.22. The minimum Gasteiger partial charge on any atom is -0.344 e. The molecule has 0 bridgehead atoms. The molecule has 2 rings (SSSR count). The van der Waals surface area contributed by atoms with Crippen LogP contribution in [-0.2, 0) is 0 Å². The van der Waals surface area contributed by atoms with Crippen LogP contribution >= 0.6 is 0 Å². The molecule has 1 aromatic heterocycles. The maximum atomic E-state index is 12.0. The maximum Gasteiger partial charge on any atom is 0.405 e. The van der Waals surface area contributed by atoms with Gasteiger partial charge in [0.05, 0.1) is 5.69 Å². The fourth-order valence-corrected chi connectivity index (χ4v) is 1.22. The quantitative estimate of drug-likeness (QED) is 0.890. The topological polar surface area (TPSA) is 55.6 Å². The van der Waals surface area contributed by atoms with Crippen molar-refractivity contribution >= 4 is 5.95 Å². The minimum atomic E-state index is -4.31. The Kier molecular flexibility index (Phi) is 2.94. The van der Waals surface area contributed by atoms with Crippen LogP contribution in [0.1, 0.15) is 0 Å². The lowest BCUT2D eigenvalue weighted by atomic mass is 10.3. The molecule has 1 N–H and O–H groups in total. The number of rotatable bonds is 3. The first-order valence-electron chi connectivity index (χ1n) is 4.71. The van der Waals surface area contributed by atoms with Crippen molar-refractivity contribution in [2.24, 2.45) is 0 Å². The molecule has 2 aromatic rings. The van der Waals surface area contributed by atoms with E-state index in [2.05, 4.69) is 20.8 Å². The van der Waals surface area contributed by atoms with Gasteiger partial charge < -0.3 is 5.32 Å². The second-order valence-corrected chi connectivity index (χ2v) is 3.22. The van der Waals surface area contributed by atoms with Gasteiger partial charge in [0.25, 0.3) is 0 Å². The first-order chi connectivity index (χ1) is 8.06. The van der Waals surface area contributed by atoms with Crippen molar-refractivity contribution in [3.63, 3.8) is 0 Å². The Bertz CT molecular complexity index is 479. The van der Waals surface area contributed by atoms with Crippen molar-refractivity contribution in [1.29, 1.82) is 0 Å². The monoisotopic (exact) mass is 243 g/mol. The average molecular weight is 243 g/mol. The van der Waals surface area contributed by atoms with E-state index in [4.69, 9.17) is 0 Å². The molecule has 1 heterocycles. The van der Waals surface area contributed by atoms with Crippen LogP contribution in [0.15, 0.2) is 30.3 Å². The van der Waals surface area contributed by atoms with E-state index in [-0.39, 0.29) is 5.95 Å². The van der Waals surface area contributed by atoms with Crippen LogP contribution < -0.4 is 5.32 Å². The number of halogens is 3. The lowest BCUT2D eigenvalue weighted by molar-refractivity contribution is -0.115. The van der Waals surface area contributed by atoms with Crippen LogP contribution in [0.3, 0.4) is 0 Å². The Morgan fingerprint density at radius 2 is 1.88 bits per heavy atom. The summed E-state index contributed by atoms with van der Waals surface area (Å²) >= 11 is 0. The molecule has 0 aliphatic rings. The van der Waals surface area contributed by atoms with E-state index < -0.39 is 12.7 Å². The lowest BCUT2D eigenvalue weighted by Gasteiger charge is -2.08. The Morgan fingerprint density at radius 1 is 1.18 bits per heavy atom. The molecule has 0 atom stereocenters. The van der Waals surface area contributed by atoms with E-state index in [1.807, 2.05) is 0 Å². The number of anilines is 1. The van der Waals surface area contributed by atoms with Gasteiger partial charge in [-0.25, -0.2) is 0 Å². The van der Waals surface area contributed by atoms with Crippen LogP contribution in [0, 0.1) is 0 Å². The van der Waals surface area contributed by atoms with Gasteiger partial charge in [-0.2, -0.15) is 17.9 Å². The third kappa shape index (κ3) is 2.92. The highest BCUT2D eigenvalue weighted by Gasteiger charge is 2.27. The zero-order chi connectivity index (χ0) is 12.3. The maximum absolute atomic E-state index is 12.0. The van der Waals surface area contributed by atoms with Crippen LogP contribution in [0.4, 0.5) is 19.1 Å². The number of hydrogen-bond donors (Lipinski definition) is 1. The third-order valence-corrected chi connectivity index (χ3v) is 1.92. The van der Waals surface area contributed by atoms with Crippen LogP contribution in [0.25, 0.3) is 5.69 Å². The summed E-state index contributed by atoms with van der Waals surface area (Å²) in [4.78, 5) is 0. The van der Waals surface area contributed by atoms with Crippen molar-refractivity contribution in [2.75, 3.05) is 11.9 Å². The van der Waals surface area contributed by atoms with E-state index in [0.717, 1.165) is 0 Å². The van der Waals surface area contributed by atoms with Crippen molar-refractivity contribution < 1.29 is 13.2 Å².